The zero-order chi connectivity index (χ0) is 12.8. The van der Waals surface area contributed by atoms with Crippen molar-refractivity contribution < 1.29 is 0 Å². The molecule has 3 rings (SSSR count). The van der Waals surface area contributed by atoms with Gasteiger partial charge in [0.1, 0.15) is 11.0 Å². The van der Waals surface area contributed by atoms with Crippen molar-refractivity contribution in [3.05, 3.63) is 52.6 Å². The van der Waals surface area contributed by atoms with Gasteiger partial charge in [-0.2, -0.15) is 5.10 Å². The average Bonchev–Trinajstić information content (AvgIpc) is 2.73. The molecule has 0 spiro atoms. The number of nitrogens with zero attached hydrogens (tertiary/aromatic N) is 2. The Bertz CT molecular complexity index is 620. The van der Waals surface area contributed by atoms with Gasteiger partial charge in [0.25, 0.3) is 0 Å². The van der Waals surface area contributed by atoms with E-state index in [0.717, 1.165) is 15.9 Å². The number of benzene rings is 1. The summed E-state index contributed by atoms with van der Waals surface area (Å²) >= 11 is 9.77. The topological polar surface area (TPSA) is 29.9 Å². The second-order valence-electron chi connectivity index (χ2n) is 4.41. The van der Waals surface area contributed by atoms with Gasteiger partial charge in [-0.15, -0.1) is 0 Å². The van der Waals surface area contributed by atoms with E-state index >= 15 is 0 Å². The number of rotatable bonds is 1. The first-order valence-corrected chi connectivity index (χ1v) is 6.73. The van der Waals surface area contributed by atoms with Crippen LogP contribution in [-0.2, 0) is 5.54 Å². The van der Waals surface area contributed by atoms with Gasteiger partial charge in [0.05, 0.1) is 16.2 Å². The summed E-state index contributed by atoms with van der Waals surface area (Å²) in [4.78, 5) is 0. The van der Waals surface area contributed by atoms with E-state index in [2.05, 4.69) is 45.4 Å². The normalized spacial score (nSPS) is 22.1. The summed E-state index contributed by atoms with van der Waals surface area (Å²) in [6, 6.07) is 10.2. The molecular weight excluding hydrogens is 314 g/mol. The highest BCUT2D eigenvalue weighted by Crippen LogP contribution is 2.38. The van der Waals surface area contributed by atoms with Crippen molar-refractivity contribution in [2.75, 3.05) is 5.32 Å². The first-order chi connectivity index (χ1) is 8.60. The molecule has 0 bridgehead atoms. The molecule has 0 saturated carbocycles. The summed E-state index contributed by atoms with van der Waals surface area (Å²) in [6.07, 6.45) is 3.70. The van der Waals surface area contributed by atoms with Crippen molar-refractivity contribution in [3.8, 4) is 0 Å². The molecule has 0 fully saturated rings. The third-order valence-corrected chi connectivity index (χ3v) is 3.94. The molecule has 1 atom stereocenters. The predicted octanol–water partition coefficient (Wildman–Crippen LogP) is 4.02. The molecule has 0 amide bonds. The molecular formula is C13H11BrClN3. The molecule has 1 aliphatic rings. The second kappa shape index (κ2) is 4.14. The van der Waals surface area contributed by atoms with E-state index in [1.165, 1.54) is 0 Å². The number of fused-ring (bicyclic) bond motifs is 1. The Labute approximate surface area is 119 Å². The van der Waals surface area contributed by atoms with Crippen LogP contribution in [0.25, 0.3) is 5.16 Å². The Morgan fingerprint density at radius 1 is 1.33 bits per heavy atom. The zero-order valence-corrected chi connectivity index (χ0v) is 12.0. The van der Waals surface area contributed by atoms with Crippen LogP contribution in [0.1, 0.15) is 12.5 Å². The molecule has 1 unspecified atom stereocenters. The molecule has 92 valence electrons. The smallest absolute Gasteiger partial charge is 0.146 e. The molecule has 0 radical (unpaired) electrons. The summed E-state index contributed by atoms with van der Waals surface area (Å²) < 4.78 is 2.58. The lowest BCUT2D eigenvalue weighted by molar-refractivity contribution is 0.659. The minimum atomic E-state index is -0.336. The highest BCUT2D eigenvalue weighted by Gasteiger charge is 2.31. The van der Waals surface area contributed by atoms with E-state index in [-0.39, 0.29) is 5.54 Å². The number of nitrogens with one attached hydrogen (secondary N) is 1. The van der Waals surface area contributed by atoms with Crippen LogP contribution in [0.3, 0.4) is 0 Å². The summed E-state index contributed by atoms with van der Waals surface area (Å²) in [6.45, 7) is 2.09. The maximum Gasteiger partial charge on any atom is 0.146 e. The molecule has 18 heavy (non-hydrogen) atoms. The van der Waals surface area contributed by atoms with Crippen LogP contribution in [0.4, 0.5) is 5.82 Å². The molecule has 0 saturated heterocycles. The fourth-order valence-electron chi connectivity index (χ4n) is 2.12. The van der Waals surface area contributed by atoms with Gasteiger partial charge in [-0.1, -0.05) is 41.9 Å². The number of halogens is 2. The van der Waals surface area contributed by atoms with Crippen LogP contribution in [0.2, 0.25) is 0 Å². The van der Waals surface area contributed by atoms with E-state index in [0.29, 0.717) is 5.16 Å². The van der Waals surface area contributed by atoms with Crippen LogP contribution >= 0.6 is 27.5 Å². The fraction of sp³-hybridized carbons (Fsp3) is 0.154. The predicted molar refractivity (Wildman–Crippen MR) is 77.5 cm³/mol. The van der Waals surface area contributed by atoms with Gasteiger partial charge in [-0.05, 0) is 34.5 Å². The Balaban J connectivity index is 2.12. The Kier molecular flexibility index (Phi) is 2.72. The lowest BCUT2D eigenvalue weighted by Gasteiger charge is -2.33. The zero-order valence-electron chi connectivity index (χ0n) is 9.69. The molecule has 2 heterocycles. The lowest BCUT2D eigenvalue weighted by atomic mass is 9.91. The largest absolute Gasteiger partial charge is 0.356 e. The third kappa shape index (κ3) is 1.76. The number of hydrogen-bond donors (Lipinski definition) is 1. The molecule has 2 aromatic rings. The van der Waals surface area contributed by atoms with E-state index in [1.807, 2.05) is 24.3 Å². The van der Waals surface area contributed by atoms with Crippen LogP contribution in [0, 0.1) is 0 Å². The molecule has 0 aliphatic carbocycles. The summed E-state index contributed by atoms with van der Waals surface area (Å²) in [5.74, 6) is 0.869. The molecule has 3 nitrogen and oxygen atoms in total. The van der Waals surface area contributed by atoms with Crippen molar-refractivity contribution in [1.82, 2.24) is 9.78 Å². The molecule has 5 heteroatoms. The van der Waals surface area contributed by atoms with E-state index < -0.39 is 0 Å². The number of aromatic nitrogens is 2. The maximum atomic E-state index is 6.30. The van der Waals surface area contributed by atoms with Gasteiger partial charge < -0.3 is 5.32 Å². The SMILES string of the molecule is CC1(c2ccccc2)C=C(Cl)n2ncc(Br)c2N1. The Morgan fingerprint density at radius 2 is 2.06 bits per heavy atom. The van der Waals surface area contributed by atoms with Crippen molar-refractivity contribution >= 4 is 38.5 Å². The van der Waals surface area contributed by atoms with Crippen molar-refractivity contribution in [1.29, 1.82) is 0 Å². The minimum Gasteiger partial charge on any atom is -0.356 e. The van der Waals surface area contributed by atoms with Crippen molar-refractivity contribution in [2.24, 2.45) is 0 Å². The van der Waals surface area contributed by atoms with Crippen LogP contribution in [0.15, 0.2) is 47.1 Å². The van der Waals surface area contributed by atoms with Gasteiger partial charge >= 0.3 is 0 Å². The monoisotopic (exact) mass is 323 g/mol. The summed E-state index contributed by atoms with van der Waals surface area (Å²) in [5, 5.41) is 8.26. The highest BCUT2D eigenvalue weighted by molar-refractivity contribution is 9.10. The Morgan fingerprint density at radius 3 is 2.78 bits per heavy atom. The molecule has 1 aromatic heterocycles. The quantitative estimate of drug-likeness (QED) is 0.858. The summed E-state index contributed by atoms with van der Waals surface area (Å²) in [5.41, 5.74) is 0.819. The van der Waals surface area contributed by atoms with Gasteiger partial charge in [-0.25, -0.2) is 4.68 Å². The van der Waals surface area contributed by atoms with Crippen molar-refractivity contribution in [3.63, 3.8) is 0 Å². The highest BCUT2D eigenvalue weighted by atomic mass is 79.9. The minimum absolute atomic E-state index is 0.336. The molecule has 1 aliphatic heterocycles. The van der Waals surface area contributed by atoms with Crippen LogP contribution < -0.4 is 5.32 Å². The lowest BCUT2D eigenvalue weighted by Crippen LogP contribution is -2.34. The first-order valence-electron chi connectivity index (χ1n) is 5.56. The van der Waals surface area contributed by atoms with Gasteiger partial charge in [0.2, 0.25) is 0 Å². The van der Waals surface area contributed by atoms with E-state index in [9.17, 15) is 0 Å². The number of hydrogen-bond acceptors (Lipinski definition) is 2. The van der Waals surface area contributed by atoms with Crippen LogP contribution in [-0.4, -0.2) is 9.78 Å². The average molecular weight is 325 g/mol. The van der Waals surface area contributed by atoms with E-state index in [4.69, 9.17) is 11.6 Å². The third-order valence-electron chi connectivity index (χ3n) is 3.09. The summed E-state index contributed by atoms with van der Waals surface area (Å²) in [7, 11) is 0. The standard InChI is InChI=1S/C13H11BrClN3/c1-13(9-5-3-2-4-6-9)7-11(15)18-12(17-13)10(14)8-16-18/h2-8,17H,1H3. The van der Waals surface area contributed by atoms with Gasteiger partial charge in [-0.3, -0.25) is 0 Å². The second-order valence-corrected chi connectivity index (χ2v) is 5.65. The van der Waals surface area contributed by atoms with Crippen LogP contribution in [0.5, 0.6) is 0 Å². The molecule has 1 aromatic carbocycles. The number of anilines is 1. The van der Waals surface area contributed by atoms with Gasteiger partial charge in [0.15, 0.2) is 0 Å². The Hall–Kier alpha value is -1.26. The van der Waals surface area contributed by atoms with Gasteiger partial charge in [0, 0.05) is 0 Å². The fourth-order valence-corrected chi connectivity index (χ4v) is 2.83. The van der Waals surface area contributed by atoms with Crippen molar-refractivity contribution in [2.45, 2.75) is 12.5 Å². The first kappa shape index (κ1) is 11.8. The van der Waals surface area contributed by atoms with E-state index in [1.54, 1.807) is 10.9 Å². The molecule has 1 N–H and O–H groups in total. The maximum absolute atomic E-state index is 6.30.